The second-order valence-corrected chi connectivity index (χ2v) is 10.1. The Bertz CT molecular complexity index is 363. The highest BCUT2D eigenvalue weighted by molar-refractivity contribution is 5.66. The lowest BCUT2D eigenvalue weighted by Crippen LogP contribution is -2.55. The molecule has 0 atom stereocenters. The van der Waals surface area contributed by atoms with Crippen LogP contribution in [0.5, 0.6) is 0 Å². The van der Waals surface area contributed by atoms with Crippen LogP contribution in [0.4, 0.5) is 0 Å². The molecule has 1 aliphatic heterocycles. The van der Waals surface area contributed by atoms with E-state index in [-0.39, 0.29) is 0 Å². The molecule has 0 aromatic carbocycles. The maximum atomic E-state index is 10.3. The van der Waals surface area contributed by atoms with E-state index in [9.17, 15) is 4.79 Å². The highest BCUT2D eigenvalue weighted by atomic mass is 16.4. The van der Waals surface area contributed by atoms with Crippen molar-refractivity contribution in [3.8, 4) is 0 Å². The van der Waals surface area contributed by atoms with Gasteiger partial charge in [0, 0.05) is 17.5 Å². The second-order valence-electron chi connectivity index (χ2n) is 10.1. The van der Waals surface area contributed by atoms with Gasteiger partial charge in [-0.3, -0.25) is 4.79 Å². The number of aliphatic carboxylic acids is 1. The average molecular weight is 398 g/mol. The number of hydrogen-bond donors (Lipinski definition) is 2. The summed E-state index contributed by atoms with van der Waals surface area (Å²) >= 11 is 0. The Morgan fingerprint density at radius 3 is 1.36 bits per heavy atom. The first-order chi connectivity index (χ1) is 13.2. The van der Waals surface area contributed by atoms with E-state index in [1.165, 1.54) is 89.9 Å². The molecule has 28 heavy (non-hydrogen) atoms. The second kappa shape index (κ2) is 16.3. The molecule has 0 saturated carbocycles. The van der Waals surface area contributed by atoms with E-state index in [2.05, 4.69) is 39.9 Å². The van der Waals surface area contributed by atoms with Gasteiger partial charge in [0.15, 0.2) is 0 Å². The van der Waals surface area contributed by atoms with Crippen molar-refractivity contribution in [2.45, 2.75) is 155 Å². The Balaban J connectivity index is 0.000000609. The number of carboxylic acids is 1. The Morgan fingerprint density at radius 2 is 1.07 bits per heavy atom. The largest absolute Gasteiger partial charge is 0.481 e. The van der Waals surface area contributed by atoms with Crippen molar-refractivity contribution in [3.63, 3.8) is 0 Å². The minimum atomic E-state index is -0.655. The Hall–Kier alpha value is -0.570. The summed E-state index contributed by atoms with van der Waals surface area (Å²) in [6.45, 7) is 11.4. The summed E-state index contributed by atoms with van der Waals surface area (Å²) in [5, 5.41) is 12.1. The van der Waals surface area contributed by atoms with Gasteiger partial charge in [0.25, 0.3) is 0 Å². The van der Waals surface area contributed by atoms with Crippen LogP contribution in [0.2, 0.25) is 0 Å². The molecule has 0 radical (unpaired) electrons. The number of carboxylic acid groups (broad SMARTS) is 1. The summed E-state index contributed by atoms with van der Waals surface area (Å²) in [5.41, 5.74) is 0.726. The normalized spacial score (nSPS) is 17.6. The summed E-state index contributed by atoms with van der Waals surface area (Å²) < 4.78 is 0. The molecule has 1 heterocycles. The van der Waals surface area contributed by atoms with Gasteiger partial charge in [-0.1, -0.05) is 84.0 Å². The topological polar surface area (TPSA) is 49.3 Å². The number of nitrogens with one attached hydrogen (secondary N) is 1. The van der Waals surface area contributed by atoms with Gasteiger partial charge in [0.05, 0.1) is 0 Å². The van der Waals surface area contributed by atoms with Crippen LogP contribution in [0.1, 0.15) is 144 Å². The molecule has 0 aromatic heterocycles. The fourth-order valence-electron chi connectivity index (χ4n) is 4.31. The Kier molecular flexibility index (Phi) is 15.9. The maximum absolute atomic E-state index is 10.3. The van der Waals surface area contributed by atoms with Gasteiger partial charge in [-0.05, 0) is 53.4 Å². The lowest BCUT2D eigenvalue weighted by molar-refractivity contribution is -0.137. The van der Waals surface area contributed by atoms with Gasteiger partial charge >= 0.3 is 5.97 Å². The summed E-state index contributed by atoms with van der Waals surface area (Å²) in [4.78, 5) is 10.3. The molecule has 0 aromatic rings. The van der Waals surface area contributed by atoms with Crippen LogP contribution in [0.25, 0.3) is 0 Å². The van der Waals surface area contributed by atoms with Gasteiger partial charge in [0.2, 0.25) is 0 Å². The molecule has 3 nitrogen and oxygen atoms in total. The minimum Gasteiger partial charge on any atom is -0.481 e. The molecule has 0 spiro atoms. The molecule has 1 fully saturated rings. The average Bonchev–Trinajstić information content (AvgIpc) is 2.57. The van der Waals surface area contributed by atoms with Gasteiger partial charge in [-0.25, -0.2) is 0 Å². The van der Waals surface area contributed by atoms with Crippen LogP contribution < -0.4 is 5.32 Å². The quantitative estimate of drug-likeness (QED) is 0.293. The number of rotatable bonds is 14. The predicted octanol–water partition coefficient (Wildman–Crippen LogP) is 7.87. The molecule has 2 N–H and O–H groups in total. The van der Waals surface area contributed by atoms with Gasteiger partial charge in [-0.15, -0.1) is 0 Å². The first-order valence-electron chi connectivity index (χ1n) is 12.2. The van der Waals surface area contributed by atoms with E-state index in [0.717, 1.165) is 12.8 Å². The maximum Gasteiger partial charge on any atom is 0.303 e. The highest BCUT2D eigenvalue weighted by Gasteiger charge is 2.31. The number of carbonyl (C=O) groups is 1. The van der Waals surface area contributed by atoms with Crippen molar-refractivity contribution in [3.05, 3.63) is 0 Å². The van der Waals surface area contributed by atoms with E-state index < -0.39 is 5.97 Å². The molecule has 0 aliphatic carbocycles. The SMILES string of the molecule is CC1(C)CCCC(C)(C)N1.CCCCCCCCCCCCCCCC(=O)O. The molecule has 0 unspecified atom stereocenters. The van der Waals surface area contributed by atoms with Crippen LogP contribution in [0, 0.1) is 0 Å². The molecule has 1 rings (SSSR count). The van der Waals surface area contributed by atoms with Crippen molar-refractivity contribution in [1.29, 1.82) is 0 Å². The van der Waals surface area contributed by atoms with Gasteiger partial charge < -0.3 is 10.4 Å². The zero-order valence-corrected chi connectivity index (χ0v) is 19.9. The molecule has 0 amide bonds. The zero-order valence-electron chi connectivity index (χ0n) is 19.9. The third kappa shape index (κ3) is 18.8. The number of unbranched alkanes of at least 4 members (excludes halogenated alkanes) is 12. The summed E-state index contributed by atoms with van der Waals surface area (Å²) in [6.07, 6.45) is 21.3. The van der Waals surface area contributed by atoms with Crippen LogP contribution in [-0.2, 0) is 4.79 Å². The molecular weight excluding hydrogens is 346 g/mol. The van der Waals surface area contributed by atoms with Crippen molar-refractivity contribution in [2.75, 3.05) is 0 Å². The Labute approximate surface area is 176 Å². The lowest BCUT2D eigenvalue weighted by atomic mass is 9.83. The summed E-state index contributed by atoms with van der Waals surface area (Å²) in [6, 6.07) is 0. The van der Waals surface area contributed by atoms with Crippen molar-refractivity contribution in [2.24, 2.45) is 0 Å². The van der Waals surface area contributed by atoms with Crippen molar-refractivity contribution in [1.82, 2.24) is 5.32 Å². The monoisotopic (exact) mass is 397 g/mol. The smallest absolute Gasteiger partial charge is 0.303 e. The number of hydrogen-bond acceptors (Lipinski definition) is 2. The summed E-state index contributed by atoms with van der Waals surface area (Å²) in [7, 11) is 0. The first-order valence-corrected chi connectivity index (χ1v) is 12.2. The molecule has 3 heteroatoms. The fourth-order valence-corrected chi connectivity index (χ4v) is 4.31. The number of piperidine rings is 1. The van der Waals surface area contributed by atoms with E-state index in [4.69, 9.17) is 5.11 Å². The Morgan fingerprint density at radius 1 is 0.714 bits per heavy atom. The van der Waals surface area contributed by atoms with Crippen LogP contribution in [0.3, 0.4) is 0 Å². The van der Waals surface area contributed by atoms with E-state index in [1.807, 2.05) is 0 Å². The molecule has 1 aliphatic rings. The first kappa shape index (κ1) is 27.4. The fraction of sp³-hybridized carbons (Fsp3) is 0.960. The van der Waals surface area contributed by atoms with Gasteiger partial charge in [-0.2, -0.15) is 0 Å². The van der Waals surface area contributed by atoms with E-state index in [0.29, 0.717) is 17.5 Å². The van der Waals surface area contributed by atoms with Crippen LogP contribution in [0.15, 0.2) is 0 Å². The van der Waals surface area contributed by atoms with Crippen LogP contribution in [-0.4, -0.2) is 22.2 Å². The minimum absolute atomic E-state index is 0.345. The van der Waals surface area contributed by atoms with E-state index in [1.54, 1.807) is 0 Å². The van der Waals surface area contributed by atoms with E-state index >= 15 is 0 Å². The van der Waals surface area contributed by atoms with Crippen molar-refractivity contribution >= 4 is 5.97 Å². The third-order valence-corrected chi connectivity index (χ3v) is 5.77. The lowest BCUT2D eigenvalue weighted by Gasteiger charge is -2.42. The molecule has 0 bridgehead atoms. The summed E-state index contributed by atoms with van der Waals surface area (Å²) in [5.74, 6) is -0.655. The molecular formula is C25H51NO2. The molecule has 1 saturated heterocycles. The van der Waals surface area contributed by atoms with Crippen LogP contribution >= 0.6 is 0 Å². The predicted molar refractivity (Wildman–Crippen MR) is 123 cm³/mol. The standard InChI is InChI=1S/C16H32O2.C9H19N/c1-2-3-4-5-6-7-8-9-10-11-12-13-14-15-16(17)18;1-8(2)6-5-7-9(3,4)10-8/h2-15H2,1H3,(H,17,18);10H,5-7H2,1-4H3. The van der Waals surface area contributed by atoms with Crippen molar-refractivity contribution < 1.29 is 9.90 Å². The zero-order chi connectivity index (χ0) is 21.3. The molecule has 168 valence electrons. The highest BCUT2D eigenvalue weighted by Crippen LogP contribution is 2.27. The third-order valence-electron chi connectivity index (χ3n) is 5.77. The van der Waals surface area contributed by atoms with Gasteiger partial charge in [0.1, 0.15) is 0 Å².